The molecule has 0 unspecified atom stereocenters. The van der Waals surface area contributed by atoms with E-state index in [1.54, 1.807) is 11.3 Å². The third-order valence-corrected chi connectivity index (χ3v) is 4.38. The van der Waals surface area contributed by atoms with Crippen molar-refractivity contribution in [1.82, 2.24) is 4.90 Å². The predicted octanol–water partition coefficient (Wildman–Crippen LogP) is 2.23. The lowest BCUT2D eigenvalue weighted by Gasteiger charge is -2.43. The van der Waals surface area contributed by atoms with Crippen LogP contribution in [0.3, 0.4) is 0 Å². The lowest BCUT2D eigenvalue weighted by atomic mass is 9.86. The molecule has 5 heteroatoms. The molecule has 0 bridgehead atoms. The molecule has 3 nitrogen and oxygen atoms in total. The average molecular weight is 276 g/mol. The van der Waals surface area contributed by atoms with E-state index in [1.165, 1.54) is 4.88 Å². The molecule has 2 heterocycles. The van der Waals surface area contributed by atoms with Gasteiger partial charge in [-0.2, -0.15) is 0 Å². The van der Waals surface area contributed by atoms with Crippen molar-refractivity contribution in [2.75, 3.05) is 32.9 Å². The summed E-state index contributed by atoms with van der Waals surface area (Å²) in [6.07, 6.45) is 0. The molecule has 1 fully saturated rings. The Morgan fingerprint density at radius 2 is 2.29 bits per heavy atom. The summed E-state index contributed by atoms with van der Waals surface area (Å²) in [5.74, 6) is 0. The highest BCUT2D eigenvalue weighted by molar-refractivity contribution is 7.16. The summed E-state index contributed by atoms with van der Waals surface area (Å²) in [5, 5.41) is 9.43. The molecular formula is C12H18ClNO2S. The van der Waals surface area contributed by atoms with Gasteiger partial charge in [0.2, 0.25) is 0 Å². The zero-order chi connectivity index (χ0) is 12.3. The van der Waals surface area contributed by atoms with Crippen molar-refractivity contribution < 1.29 is 9.84 Å². The maximum atomic E-state index is 9.43. The number of thiophene rings is 1. The van der Waals surface area contributed by atoms with Crippen LogP contribution in [0.2, 0.25) is 4.34 Å². The molecule has 96 valence electrons. The van der Waals surface area contributed by atoms with E-state index in [9.17, 15) is 5.11 Å². The van der Waals surface area contributed by atoms with Crippen LogP contribution in [0.4, 0.5) is 0 Å². The van der Waals surface area contributed by atoms with E-state index in [0.29, 0.717) is 13.2 Å². The Balaban J connectivity index is 1.92. The van der Waals surface area contributed by atoms with Crippen molar-refractivity contribution in [3.63, 3.8) is 0 Å². The summed E-state index contributed by atoms with van der Waals surface area (Å²) in [7, 11) is 0. The molecule has 1 aromatic rings. The zero-order valence-corrected chi connectivity index (χ0v) is 11.6. The minimum atomic E-state index is -0.0446. The van der Waals surface area contributed by atoms with E-state index in [4.69, 9.17) is 16.3 Å². The Morgan fingerprint density at radius 3 is 2.71 bits per heavy atom. The van der Waals surface area contributed by atoms with Crippen LogP contribution in [0, 0.1) is 5.41 Å². The van der Waals surface area contributed by atoms with Crippen molar-refractivity contribution in [2.45, 2.75) is 13.5 Å². The number of aliphatic hydroxyl groups excluding tert-OH is 1. The minimum Gasteiger partial charge on any atom is -0.396 e. The average Bonchev–Trinajstić information content (AvgIpc) is 2.67. The maximum Gasteiger partial charge on any atom is 0.0931 e. The van der Waals surface area contributed by atoms with E-state index >= 15 is 0 Å². The number of nitrogens with zero attached hydrogens (tertiary/aromatic N) is 1. The van der Waals surface area contributed by atoms with E-state index < -0.39 is 0 Å². The monoisotopic (exact) mass is 275 g/mol. The number of rotatable bonds is 6. The van der Waals surface area contributed by atoms with E-state index in [2.05, 4.69) is 17.9 Å². The first-order valence-electron chi connectivity index (χ1n) is 5.83. The molecule has 0 amide bonds. The molecule has 0 atom stereocenters. The summed E-state index contributed by atoms with van der Waals surface area (Å²) in [6, 6.07) is 4.00. The molecule has 1 aromatic heterocycles. The van der Waals surface area contributed by atoms with E-state index in [0.717, 1.165) is 24.0 Å². The van der Waals surface area contributed by atoms with Gasteiger partial charge in [-0.1, -0.05) is 18.5 Å². The first kappa shape index (κ1) is 13.3. The van der Waals surface area contributed by atoms with Crippen molar-refractivity contribution in [3.8, 4) is 0 Å². The highest BCUT2D eigenvalue weighted by Gasteiger charge is 2.39. The summed E-state index contributed by atoms with van der Waals surface area (Å²) in [4.78, 5) is 3.60. The molecule has 0 saturated carbocycles. The molecule has 1 aliphatic rings. The van der Waals surface area contributed by atoms with E-state index in [1.807, 2.05) is 6.07 Å². The Bertz CT molecular complexity index is 360. The molecule has 2 rings (SSSR count). The fourth-order valence-electron chi connectivity index (χ4n) is 2.03. The van der Waals surface area contributed by atoms with Gasteiger partial charge < -0.3 is 9.84 Å². The molecule has 1 N–H and O–H groups in total. The Kier molecular flexibility index (Phi) is 4.44. The van der Waals surface area contributed by atoms with Crippen LogP contribution in [0.25, 0.3) is 0 Å². The highest BCUT2D eigenvalue weighted by atomic mass is 35.5. The predicted molar refractivity (Wildman–Crippen MR) is 70.6 cm³/mol. The van der Waals surface area contributed by atoms with Gasteiger partial charge >= 0.3 is 0 Å². The molecule has 17 heavy (non-hydrogen) atoms. The van der Waals surface area contributed by atoms with Gasteiger partial charge in [0.1, 0.15) is 0 Å². The Labute approximate surface area is 111 Å². The minimum absolute atomic E-state index is 0.0446. The number of hydrogen-bond donors (Lipinski definition) is 1. The third kappa shape index (κ3) is 3.20. The fourth-order valence-corrected chi connectivity index (χ4v) is 3.16. The van der Waals surface area contributed by atoms with Gasteiger partial charge in [-0.05, 0) is 18.7 Å². The zero-order valence-electron chi connectivity index (χ0n) is 9.99. The van der Waals surface area contributed by atoms with Crippen molar-refractivity contribution in [3.05, 3.63) is 21.3 Å². The first-order valence-corrected chi connectivity index (χ1v) is 7.02. The van der Waals surface area contributed by atoms with Gasteiger partial charge in [0, 0.05) is 18.0 Å². The van der Waals surface area contributed by atoms with Gasteiger partial charge in [-0.25, -0.2) is 0 Å². The van der Waals surface area contributed by atoms with Gasteiger partial charge in [0.05, 0.1) is 29.6 Å². The van der Waals surface area contributed by atoms with Crippen LogP contribution >= 0.6 is 22.9 Å². The molecule has 0 radical (unpaired) electrons. The van der Waals surface area contributed by atoms with Crippen molar-refractivity contribution in [2.24, 2.45) is 5.41 Å². The molecule has 0 spiro atoms. The summed E-state index contributed by atoms with van der Waals surface area (Å²) < 4.78 is 6.06. The van der Waals surface area contributed by atoms with Gasteiger partial charge in [-0.15, -0.1) is 11.3 Å². The Hall–Kier alpha value is -0.130. The van der Waals surface area contributed by atoms with Crippen LogP contribution < -0.4 is 0 Å². The smallest absolute Gasteiger partial charge is 0.0931 e. The molecule has 1 saturated heterocycles. The lowest BCUT2D eigenvalue weighted by Crippen LogP contribution is -2.53. The quantitative estimate of drug-likeness (QED) is 0.864. The lowest BCUT2D eigenvalue weighted by molar-refractivity contribution is -0.148. The highest BCUT2D eigenvalue weighted by Crippen LogP contribution is 2.29. The largest absolute Gasteiger partial charge is 0.396 e. The summed E-state index contributed by atoms with van der Waals surface area (Å²) in [5.41, 5.74) is -0.0446. The summed E-state index contributed by atoms with van der Waals surface area (Å²) >= 11 is 7.55. The molecular weight excluding hydrogens is 258 g/mol. The topological polar surface area (TPSA) is 32.7 Å². The van der Waals surface area contributed by atoms with E-state index in [-0.39, 0.29) is 12.0 Å². The third-order valence-electron chi connectivity index (χ3n) is 3.17. The van der Waals surface area contributed by atoms with Crippen LogP contribution in [-0.2, 0) is 11.3 Å². The van der Waals surface area contributed by atoms with Gasteiger partial charge in [0.25, 0.3) is 0 Å². The SMILES string of the molecule is CCN(Cc1ccc(Cl)s1)CC1(CO)COC1. The van der Waals surface area contributed by atoms with Crippen LogP contribution in [0.1, 0.15) is 11.8 Å². The molecule has 1 aliphatic heterocycles. The molecule has 0 aromatic carbocycles. The van der Waals surface area contributed by atoms with Crippen molar-refractivity contribution in [1.29, 1.82) is 0 Å². The van der Waals surface area contributed by atoms with Crippen molar-refractivity contribution >= 4 is 22.9 Å². The summed E-state index contributed by atoms with van der Waals surface area (Å²) in [6.45, 7) is 6.44. The van der Waals surface area contributed by atoms with Crippen LogP contribution in [-0.4, -0.2) is 42.9 Å². The second kappa shape index (κ2) is 5.67. The number of ether oxygens (including phenoxy) is 1. The van der Waals surface area contributed by atoms with Gasteiger partial charge in [-0.3, -0.25) is 4.90 Å². The number of aliphatic hydroxyl groups is 1. The molecule has 0 aliphatic carbocycles. The second-order valence-electron chi connectivity index (χ2n) is 4.66. The maximum absolute atomic E-state index is 9.43. The second-order valence-corrected chi connectivity index (χ2v) is 6.46. The fraction of sp³-hybridized carbons (Fsp3) is 0.667. The standard InChI is InChI=1S/C12H18ClNO2S/c1-2-14(5-10-3-4-11(13)17-10)6-12(7-15)8-16-9-12/h3-4,15H,2,5-9H2,1H3. The number of hydrogen-bond acceptors (Lipinski definition) is 4. The van der Waals surface area contributed by atoms with Gasteiger partial charge in [0.15, 0.2) is 0 Å². The Morgan fingerprint density at radius 1 is 1.53 bits per heavy atom. The first-order chi connectivity index (χ1) is 8.17. The normalized spacial score (nSPS) is 18.4. The van der Waals surface area contributed by atoms with Crippen LogP contribution in [0.15, 0.2) is 12.1 Å². The van der Waals surface area contributed by atoms with Crippen LogP contribution in [0.5, 0.6) is 0 Å². The number of halogens is 1.